The third-order valence-electron chi connectivity index (χ3n) is 2.54. The third-order valence-corrected chi connectivity index (χ3v) is 3.28. The molecule has 0 N–H and O–H groups in total. The van der Waals surface area contributed by atoms with Gasteiger partial charge in [0.2, 0.25) is 0 Å². The molecule has 4 heteroatoms. The molecule has 0 aromatic heterocycles. The van der Waals surface area contributed by atoms with Gasteiger partial charge in [0, 0.05) is 0 Å². The van der Waals surface area contributed by atoms with Gasteiger partial charge in [-0.3, -0.25) is 4.79 Å². The molecule has 0 aliphatic rings. The molecular weight excluding hydrogens is 274 g/mol. The van der Waals surface area contributed by atoms with Crippen molar-refractivity contribution in [3.05, 3.63) is 70.5 Å². The number of alkyl halides is 1. The fraction of sp³-hybridized carbons (Fsp3) is 0.0714. The van der Waals surface area contributed by atoms with Gasteiger partial charge >= 0.3 is 0 Å². The van der Waals surface area contributed by atoms with Gasteiger partial charge in [0.1, 0.15) is 5.38 Å². The summed E-state index contributed by atoms with van der Waals surface area (Å²) in [6.45, 7) is 0. The van der Waals surface area contributed by atoms with Gasteiger partial charge < -0.3 is 0 Å². The van der Waals surface area contributed by atoms with Crippen molar-refractivity contribution in [2.75, 3.05) is 0 Å². The van der Waals surface area contributed by atoms with Crippen LogP contribution in [-0.4, -0.2) is 5.78 Å². The van der Waals surface area contributed by atoms with E-state index in [1.165, 1.54) is 18.2 Å². The Balaban J connectivity index is 2.35. The van der Waals surface area contributed by atoms with E-state index in [0.717, 1.165) is 0 Å². The lowest BCUT2D eigenvalue weighted by Crippen LogP contribution is -2.09. The van der Waals surface area contributed by atoms with Crippen molar-refractivity contribution in [2.45, 2.75) is 5.38 Å². The van der Waals surface area contributed by atoms with Crippen molar-refractivity contribution < 1.29 is 9.18 Å². The quantitative estimate of drug-likeness (QED) is 0.592. The molecule has 2 aromatic rings. The number of Topliss-reactive ketones (excluding diaryl/α,β-unsaturated/α-hetero) is 1. The lowest BCUT2D eigenvalue weighted by molar-refractivity contribution is 0.0983. The maximum atomic E-state index is 13.7. The van der Waals surface area contributed by atoms with Crippen LogP contribution in [0.3, 0.4) is 0 Å². The Bertz CT molecular complexity index is 569. The van der Waals surface area contributed by atoms with Gasteiger partial charge in [-0.15, -0.1) is 11.6 Å². The fourth-order valence-corrected chi connectivity index (χ4v) is 2.04. The molecule has 0 amide bonds. The molecule has 0 radical (unpaired) electrons. The molecule has 1 unspecified atom stereocenters. The van der Waals surface area contributed by atoms with Crippen molar-refractivity contribution in [1.82, 2.24) is 0 Å². The van der Waals surface area contributed by atoms with Crippen molar-refractivity contribution in [1.29, 1.82) is 0 Å². The SMILES string of the molecule is O=C(c1cccc(Cl)c1F)C(Cl)c1ccccc1. The number of carbonyl (C=O) groups is 1. The van der Waals surface area contributed by atoms with E-state index in [1.807, 2.05) is 6.07 Å². The summed E-state index contributed by atoms with van der Waals surface area (Å²) in [4.78, 5) is 12.1. The summed E-state index contributed by atoms with van der Waals surface area (Å²) in [5, 5.41) is -1.00. The van der Waals surface area contributed by atoms with Gasteiger partial charge in [-0.25, -0.2) is 4.39 Å². The number of halogens is 3. The van der Waals surface area contributed by atoms with E-state index in [4.69, 9.17) is 23.2 Å². The van der Waals surface area contributed by atoms with E-state index >= 15 is 0 Å². The molecule has 0 saturated heterocycles. The Morgan fingerprint density at radius 1 is 1.06 bits per heavy atom. The molecule has 2 rings (SSSR count). The maximum Gasteiger partial charge on any atom is 0.188 e. The first-order valence-corrected chi connectivity index (χ1v) is 6.10. The smallest absolute Gasteiger partial charge is 0.188 e. The molecule has 0 aliphatic heterocycles. The molecule has 1 atom stereocenters. The molecule has 2 aromatic carbocycles. The first-order chi connectivity index (χ1) is 8.61. The Kier molecular flexibility index (Phi) is 4.00. The molecule has 18 heavy (non-hydrogen) atoms. The minimum absolute atomic E-state index is 0.0854. The second-order valence-corrected chi connectivity index (χ2v) is 4.58. The molecule has 0 saturated carbocycles. The topological polar surface area (TPSA) is 17.1 Å². The van der Waals surface area contributed by atoms with E-state index in [1.54, 1.807) is 24.3 Å². The van der Waals surface area contributed by atoms with Gasteiger partial charge in [-0.2, -0.15) is 0 Å². The van der Waals surface area contributed by atoms with E-state index in [0.29, 0.717) is 5.56 Å². The van der Waals surface area contributed by atoms with Crippen molar-refractivity contribution in [3.8, 4) is 0 Å². The van der Waals surface area contributed by atoms with E-state index in [2.05, 4.69) is 0 Å². The second kappa shape index (κ2) is 5.51. The van der Waals surface area contributed by atoms with E-state index in [9.17, 15) is 9.18 Å². The van der Waals surface area contributed by atoms with Crippen LogP contribution in [0.4, 0.5) is 4.39 Å². The minimum atomic E-state index is -0.917. The van der Waals surface area contributed by atoms with Gasteiger partial charge in [0.05, 0.1) is 10.6 Å². The minimum Gasteiger partial charge on any atom is -0.292 e. The van der Waals surface area contributed by atoms with E-state index < -0.39 is 17.0 Å². The van der Waals surface area contributed by atoms with Crippen LogP contribution in [0.5, 0.6) is 0 Å². The summed E-state index contributed by atoms with van der Waals surface area (Å²) >= 11 is 11.7. The van der Waals surface area contributed by atoms with Crippen molar-refractivity contribution >= 4 is 29.0 Å². The lowest BCUT2D eigenvalue weighted by atomic mass is 10.0. The highest BCUT2D eigenvalue weighted by atomic mass is 35.5. The van der Waals surface area contributed by atoms with Crippen LogP contribution in [0.1, 0.15) is 21.3 Å². The van der Waals surface area contributed by atoms with Crippen LogP contribution < -0.4 is 0 Å². The molecule has 92 valence electrons. The van der Waals surface area contributed by atoms with Gasteiger partial charge in [-0.1, -0.05) is 48.0 Å². The normalized spacial score (nSPS) is 12.2. The number of benzene rings is 2. The zero-order valence-electron chi connectivity index (χ0n) is 9.24. The largest absolute Gasteiger partial charge is 0.292 e. The van der Waals surface area contributed by atoms with E-state index in [-0.39, 0.29) is 10.6 Å². The molecule has 0 heterocycles. The van der Waals surface area contributed by atoms with Gasteiger partial charge in [0.15, 0.2) is 11.6 Å². The zero-order chi connectivity index (χ0) is 13.1. The summed E-state index contributed by atoms with van der Waals surface area (Å²) in [5.41, 5.74) is 0.537. The summed E-state index contributed by atoms with van der Waals surface area (Å²) in [6.07, 6.45) is 0. The van der Waals surface area contributed by atoms with Crippen LogP contribution >= 0.6 is 23.2 Å². The summed E-state index contributed by atoms with van der Waals surface area (Å²) in [5.74, 6) is -1.23. The van der Waals surface area contributed by atoms with Gasteiger partial charge in [0.25, 0.3) is 0 Å². The Morgan fingerprint density at radius 2 is 1.72 bits per heavy atom. The summed E-state index contributed by atoms with van der Waals surface area (Å²) in [7, 11) is 0. The molecule has 0 fully saturated rings. The van der Waals surface area contributed by atoms with Crippen LogP contribution in [-0.2, 0) is 0 Å². The molecular formula is C14H9Cl2FO. The predicted molar refractivity (Wildman–Crippen MR) is 70.8 cm³/mol. The second-order valence-electron chi connectivity index (χ2n) is 3.74. The fourth-order valence-electron chi connectivity index (χ4n) is 1.60. The van der Waals surface area contributed by atoms with Crippen molar-refractivity contribution in [2.24, 2.45) is 0 Å². The van der Waals surface area contributed by atoms with Crippen LogP contribution in [0, 0.1) is 5.82 Å². The molecule has 0 aliphatic carbocycles. The highest BCUT2D eigenvalue weighted by Gasteiger charge is 2.23. The van der Waals surface area contributed by atoms with Crippen molar-refractivity contribution in [3.63, 3.8) is 0 Å². The average molecular weight is 283 g/mol. The standard InChI is InChI=1S/C14H9Cl2FO/c15-11-8-4-7-10(13(11)17)14(18)12(16)9-5-2-1-3-6-9/h1-8,12H. The molecule has 0 bridgehead atoms. The third kappa shape index (κ3) is 2.55. The zero-order valence-corrected chi connectivity index (χ0v) is 10.8. The monoisotopic (exact) mass is 282 g/mol. The first kappa shape index (κ1) is 13.1. The average Bonchev–Trinajstić information content (AvgIpc) is 2.41. The highest BCUT2D eigenvalue weighted by Crippen LogP contribution is 2.28. The maximum absolute atomic E-state index is 13.7. The summed E-state index contributed by atoms with van der Waals surface area (Å²) in [6, 6.07) is 13.1. The number of hydrogen-bond donors (Lipinski definition) is 0. The van der Waals surface area contributed by atoms with Gasteiger partial charge in [-0.05, 0) is 17.7 Å². The van der Waals surface area contributed by atoms with Crippen LogP contribution in [0.15, 0.2) is 48.5 Å². The molecule has 1 nitrogen and oxygen atoms in total. The molecule has 0 spiro atoms. The first-order valence-electron chi connectivity index (χ1n) is 5.28. The highest BCUT2D eigenvalue weighted by molar-refractivity contribution is 6.35. The number of rotatable bonds is 3. The Morgan fingerprint density at radius 3 is 2.39 bits per heavy atom. The number of carbonyl (C=O) groups excluding carboxylic acids is 1. The van der Waals surface area contributed by atoms with Crippen LogP contribution in [0.25, 0.3) is 0 Å². The number of hydrogen-bond acceptors (Lipinski definition) is 1. The number of ketones is 1. The predicted octanol–water partition coefficient (Wildman–Crippen LogP) is 4.64. The Hall–Kier alpha value is -1.38. The lowest BCUT2D eigenvalue weighted by Gasteiger charge is -2.10. The van der Waals surface area contributed by atoms with Crippen LogP contribution in [0.2, 0.25) is 5.02 Å². The summed E-state index contributed by atoms with van der Waals surface area (Å²) < 4.78 is 13.7. The Labute approximate surface area is 114 Å².